The minimum atomic E-state index is -0.211. The molecule has 108 valence electrons. The summed E-state index contributed by atoms with van der Waals surface area (Å²) in [7, 11) is 0. The lowest BCUT2D eigenvalue weighted by molar-refractivity contribution is -0.104. The van der Waals surface area contributed by atoms with Gasteiger partial charge in [-0.05, 0) is 36.6 Å². The number of benzene rings is 2. The van der Waals surface area contributed by atoms with E-state index in [0.717, 1.165) is 17.4 Å². The van der Waals surface area contributed by atoms with Crippen molar-refractivity contribution in [1.82, 2.24) is 0 Å². The Balaban J connectivity index is 2.15. The average Bonchev–Trinajstić information content (AvgIpc) is 2.52. The van der Waals surface area contributed by atoms with Crippen LogP contribution in [0.2, 0.25) is 0 Å². The van der Waals surface area contributed by atoms with Crippen LogP contribution in [0.1, 0.15) is 29.7 Å². The zero-order valence-electron chi connectivity index (χ0n) is 12.5. The minimum Gasteiger partial charge on any atom is -0.365 e. The molecule has 0 saturated carbocycles. The average molecular weight is 280 g/mol. The van der Waals surface area contributed by atoms with Gasteiger partial charge in [-0.25, -0.2) is 0 Å². The SMILES string of the molecule is C/C(C=O)=C\C(OCc1cccc(C)c1)c1ccccc1. The van der Waals surface area contributed by atoms with Crippen LogP contribution in [-0.4, -0.2) is 6.29 Å². The second-order valence-electron chi connectivity index (χ2n) is 5.16. The van der Waals surface area contributed by atoms with Crippen LogP contribution in [0.5, 0.6) is 0 Å². The fourth-order valence-corrected chi connectivity index (χ4v) is 2.15. The fourth-order valence-electron chi connectivity index (χ4n) is 2.15. The molecule has 0 aliphatic rings. The summed E-state index contributed by atoms with van der Waals surface area (Å²) >= 11 is 0. The van der Waals surface area contributed by atoms with E-state index in [4.69, 9.17) is 4.74 Å². The van der Waals surface area contributed by atoms with Crippen molar-refractivity contribution in [2.75, 3.05) is 0 Å². The van der Waals surface area contributed by atoms with E-state index in [1.165, 1.54) is 5.56 Å². The maximum atomic E-state index is 10.9. The second kappa shape index (κ2) is 7.55. The molecule has 2 heteroatoms. The highest BCUT2D eigenvalue weighted by molar-refractivity contribution is 5.72. The van der Waals surface area contributed by atoms with E-state index in [1.807, 2.05) is 48.5 Å². The Morgan fingerprint density at radius 1 is 1.14 bits per heavy atom. The number of carbonyl (C=O) groups excluding carboxylic acids is 1. The van der Waals surface area contributed by atoms with Crippen molar-refractivity contribution >= 4 is 6.29 Å². The fraction of sp³-hybridized carbons (Fsp3) is 0.211. The topological polar surface area (TPSA) is 26.3 Å². The molecule has 1 unspecified atom stereocenters. The summed E-state index contributed by atoms with van der Waals surface area (Å²) in [5.41, 5.74) is 4.07. The number of hydrogen-bond donors (Lipinski definition) is 0. The largest absolute Gasteiger partial charge is 0.365 e. The molecule has 2 aromatic carbocycles. The Kier molecular flexibility index (Phi) is 5.47. The zero-order valence-corrected chi connectivity index (χ0v) is 12.5. The molecular formula is C19H20O2. The number of aryl methyl sites for hydroxylation is 1. The van der Waals surface area contributed by atoms with Gasteiger partial charge in [0.1, 0.15) is 12.4 Å². The molecule has 0 aliphatic heterocycles. The monoisotopic (exact) mass is 280 g/mol. The normalized spacial score (nSPS) is 13.0. The second-order valence-corrected chi connectivity index (χ2v) is 5.16. The van der Waals surface area contributed by atoms with E-state index >= 15 is 0 Å². The van der Waals surface area contributed by atoms with Gasteiger partial charge in [-0.2, -0.15) is 0 Å². The van der Waals surface area contributed by atoms with Crippen LogP contribution in [0, 0.1) is 6.92 Å². The number of aldehydes is 1. The summed E-state index contributed by atoms with van der Waals surface area (Å²) in [6.07, 6.45) is 2.50. The molecule has 21 heavy (non-hydrogen) atoms. The summed E-state index contributed by atoms with van der Waals surface area (Å²) in [6, 6.07) is 18.2. The third-order valence-corrected chi connectivity index (χ3v) is 3.24. The lowest BCUT2D eigenvalue weighted by atomic mass is 10.1. The van der Waals surface area contributed by atoms with E-state index < -0.39 is 0 Å². The van der Waals surface area contributed by atoms with Crippen LogP contribution in [0.25, 0.3) is 0 Å². The molecule has 0 saturated heterocycles. The van der Waals surface area contributed by atoms with Crippen LogP contribution in [-0.2, 0) is 16.1 Å². The van der Waals surface area contributed by atoms with Crippen molar-refractivity contribution in [2.45, 2.75) is 26.6 Å². The molecule has 0 aromatic heterocycles. The van der Waals surface area contributed by atoms with Crippen molar-refractivity contribution in [3.05, 3.63) is 82.9 Å². The molecule has 0 fully saturated rings. The molecule has 1 atom stereocenters. The van der Waals surface area contributed by atoms with Gasteiger partial charge in [0.15, 0.2) is 0 Å². The van der Waals surface area contributed by atoms with Crippen LogP contribution in [0.3, 0.4) is 0 Å². The molecule has 0 N–H and O–H groups in total. The van der Waals surface area contributed by atoms with Gasteiger partial charge in [-0.3, -0.25) is 4.79 Å². The summed E-state index contributed by atoms with van der Waals surface area (Å²) in [6.45, 7) is 4.37. The maximum absolute atomic E-state index is 10.9. The van der Waals surface area contributed by atoms with Crippen LogP contribution >= 0.6 is 0 Å². The third-order valence-electron chi connectivity index (χ3n) is 3.24. The van der Waals surface area contributed by atoms with E-state index in [-0.39, 0.29) is 6.10 Å². The minimum absolute atomic E-state index is 0.211. The quantitative estimate of drug-likeness (QED) is 0.579. The molecular weight excluding hydrogens is 260 g/mol. The number of hydrogen-bond acceptors (Lipinski definition) is 2. The zero-order chi connectivity index (χ0) is 15.1. The van der Waals surface area contributed by atoms with Gasteiger partial charge in [0, 0.05) is 0 Å². The van der Waals surface area contributed by atoms with Crippen molar-refractivity contribution < 1.29 is 9.53 Å². The Morgan fingerprint density at radius 3 is 2.57 bits per heavy atom. The molecule has 2 rings (SSSR count). The van der Waals surface area contributed by atoms with Crippen LogP contribution in [0.15, 0.2) is 66.2 Å². The maximum Gasteiger partial charge on any atom is 0.145 e. The number of rotatable bonds is 6. The van der Waals surface area contributed by atoms with Gasteiger partial charge in [0.05, 0.1) is 6.61 Å². The Hall–Kier alpha value is -2.19. The standard InChI is InChI=1S/C19H20O2/c1-15-7-6-8-17(11-15)14-21-19(12-16(2)13-20)18-9-4-3-5-10-18/h3-13,19H,14H2,1-2H3/b16-12+. The summed E-state index contributed by atoms with van der Waals surface area (Å²) in [5, 5.41) is 0. The first kappa shape index (κ1) is 15.2. The first-order valence-electron chi connectivity index (χ1n) is 7.05. The number of carbonyl (C=O) groups is 1. The van der Waals surface area contributed by atoms with Crippen LogP contribution in [0.4, 0.5) is 0 Å². The van der Waals surface area contributed by atoms with E-state index in [2.05, 4.69) is 19.1 Å². The molecule has 2 nitrogen and oxygen atoms in total. The van der Waals surface area contributed by atoms with Gasteiger partial charge in [-0.15, -0.1) is 0 Å². The smallest absolute Gasteiger partial charge is 0.145 e. The highest BCUT2D eigenvalue weighted by atomic mass is 16.5. The molecule has 0 amide bonds. The van der Waals surface area contributed by atoms with Gasteiger partial charge < -0.3 is 4.74 Å². The van der Waals surface area contributed by atoms with Crippen molar-refractivity contribution in [3.63, 3.8) is 0 Å². The Bertz CT molecular complexity index is 614. The van der Waals surface area contributed by atoms with Crippen molar-refractivity contribution in [3.8, 4) is 0 Å². The highest BCUT2D eigenvalue weighted by Gasteiger charge is 2.09. The molecule has 0 aliphatic carbocycles. The van der Waals surface area contributed by atoms with E-state index in [0.29, 0.717) is 12.2 Å². The first-order valence-corrected chi connectivity index (χ1v) is 7.05. The summed E-state index contributed by atoms with van der Waals surface area (Å²) in [5.74, 6) is 0. The molecule has 0 spiro atoms. The van der Waals surface area contributed by atoms with Gasteiger partial charge in [0.25, 0.3) is 0 Å². The van der Waals surface area contributed by atoms with Gasteiger partial charge >= 0.3 is 0 Å². The first-order chi connectivity index (χ1) is 10.2. The summed E-state index contributed by atoms with van der Waals surface area (Å²) < 4.78 is 6.01. The summed E-state index contributed by atoms with van der Waals surface area (Å²) in [4.78, 5) is 10.9. The lowest BCUT2D eigenvalue weighted by Crippen LogP contribution is -2.03. The molecule has 2 aromatic rings. The van der Waals surface area contributed by atoms with E-state index in [1.54, 1.807) is 6.92 Å². The number of allylic oxidation sites excluding steroid dienone is 1. The van der Waals surface area contributed by atoms with Crippen LogP contribution < -0.4 is 0 Å². The Labute approximate surface area is 126 Å². The predicted molar refractivity (Wildman–Crippen MR) is 85.0 cm³/mol. The van der Waals surface area contributed by atoms with Crippen molar-refractivity contribution in [1.29, 1.82) is 0 Å². The number of ether oxygens (including phenoxy) is 1. The van der Waals surface area contributed by atoms with Gasteiger partial charge in [-0.1, -0.05) is 60.2 Å². The van der Waals surface area contributed by atoms with E-state index in [9.17, 15) is 4.79 Å². The Morgan fingerprint density at radius 2 is 1.90 bits per heavy atom. The molecule has 0 heterocycles. The van der Waals surface area contributed by atoms with Crippen molar-refractivity contribution in [2.24, 2.45) is 0 Å². The highest BCUT2D eigenvalue weighted by Crippen LogP contribution is 2.22. The third kappa shape index (κ3) is 4.69. The van der Waals surface area contributed by atoms with Gasteiger partial charge in [0.2, 0.25) is 0 Å². The predicted octanol–water partition coefficient (Wildman–Crippen LogP) is 4.40. The lowest BCUT2D eigenvalue weighted by Gasteiger charge is -2.15. The molecule has 0 radical (unpaired) electrons. The molecule has 0 bridgehead atoms.